The zero-order valence-electron chi connectivity index (χ0n) is 6.25. The van der Waals surface area contributed by atoms with Gasteiger partial charge in [0.1, 0.15) is 0 Å². The largest absolute Gasteiger partial charge is 0.0770 e. The van der Waals surface area contributed by atoms with E-state index in [9.17, 15) is 0 Å². The first-order valence-corrected chi connectivity index (χ1v) is 5.78. The molecule has 1 unspecified atom stereocenters. The first-order chi connectivity index (χ1) is 5.47. The van der Waals surface area contributed by atoms with Crippen LogP contribution in [0.25, 0.3) is 0 Å². The van der Waals surface area contributed by atoms with E-state index in [1.54, 1.807) is 0 Å². The summed E-state index contributed by atoms with van der Waals surface area (Å²) in [6.07, 6.45) is 2.24. The maximum Gasteiger partial charge on any atom is 0.0592 e. The summed E-state index contributed by atoms with van der Waals surface area (Å²) in [5, 5.41) is 2.73. The van der Waals surface area contributed by atoms with Crippen molar-refractivity contribution in [1.82, 2.24) is 0 Å². The smallest absolute Gasteiger partial charge is 0.0592 e. The Morgan fingerprint density at radius 3 is 2.42 bits per heavy atom. The first-order valence-electron chi connectivity index (χ1n) is 3.50. The van der Waals surface area contributed by atoms with Crippen LogP contribution in [0, 0.1) is 0 Å². The molecule has 1 aromatic carbocycles. The quantitative estimate of drug-likeness (QED) is 0.542. The van der Waals surface area contributed by atoms with Crippen LogP contribution >= 0.6 is 21.6 Å². The molecule has 0 nitrogen and oxygen atoms in total. The summed E-state index contributed by atoms with van der Waals surface area (Å²) < 4.78 is 0. The minimum absolute atomic E-state index is 0. The fourth-order valence-corrected chi connectivity index (χ4v) is 3.22. The van der Waals surface area contributed by atoms with Crippen LogP contribution in [-0.2, 0) is 16.5 Å². The zero-order chi connectivity index (χ0) is 7.52. The van der Waals surface area contributed by atoms with Crippen LogP contribution in [0.4, 0.5) is 0 Å². The SMILES string of the molecule is C1=CC(c2ccccc2)SS1.[Ni]. The molecular formula is C9H8NiS2. The number of rotatable bonds is 1. The Kier molecular flexibility index (Phi) is 4.27. The molecule has 0 N–H and O–H groups in total. The predicted octanol–water partition coefficient (Wildman–Crippen LogP) is 3.63. The molecule has 0 saturated heterocycles. The van der Waals surface area contributed by atoms with E-state index >= 15 is 0 Å². The summed E-state index contributed by atoms with van der Waals surface area (Å²) >= 11 is 0. The fraction of sp³-hybridized carbons (Fsp3) is 0.111. The molecule has 0 bridgehead atoms. The third kappa shape index (κ3) is 2.32. The Labute approximate surface area is 90.5 Å². The average Bonchev–Trinajstić information content (AvgIpc) is 2.58. The molecule has 0 spiro atoms. The van der Waals surface area contributed by atoms with Crippen molar-refractivity contribution in [3.63, 3.8) is 0 Å². The van der Waals surface area contributed by atoms with Crippen LogP contribution < -0.4 is 0 Å². The van der Waals surface area contributed by atoms with Gasteiger partial charge in [0, 0.05) is 16.5 Å². The summed E-state index contributed by atoms with van der Waals surface area (Å²) in [4.78, 5) is 0. The van der Waals surface area contributed by atoms with Crippen molar-refractivity contribution in [3.8, 4) is 0 Å². The summed E-state index contributed by atoms with van der Waals surface area (Å²) in [6, 6.07) is 10.6. The minimum atomic E-state index is 0. The van der Waals surface area contributed by atoms with Gasteiger partial charge >= 0.3 is 0 Å². The van der Waals surface area contributed by atoms with Crippen molar-refractivity contribution in [2.24, 2.45) is 0 Å². The zero-order valence-corrected chi connectivity index (χ0v) is 8.87. The van der Waals surface area contributed by atoms with Crippen LogP contribution in [0.2, 0.25) is 0 Å². The van der Waals surface area contributed by atoms with Crippen molar-refractivity contribution < 1.29 is 16.5 Å². The van der Waals surface area contributed by atoms with Crippen molar-refractivity contribution in [2.45, 2.75) is 5.25 Å². The molecule has 0 fully saturated rings. The van der Waals surface area contributed by atoms with Crippen molar-refractivity contribution in [2.75, 3.05) is 0 Å². The third-order valence-corrected chi connectivity index (χ3v) is 3.90. The molecule has 1 aromatic rings. The topological polar surface area (TPSA) is 0 Å². The number of hydrogen-bond donors (Lipinski definition) is 0. The van der Waals surface area contributed by atoms with E-state index < -0.39 is 0 Å². The van der Waals surface area contributed by atoms with Crippen LogP contribution in [-0.4, -0.2) is 0 Å². The Hall–Kier alpha value is 0.154. The van der Waals surface area contributed by atoms with Gasteiger partial charge in [-0.1, -0.05) is 58.0 Å². The molecule has 0 radical (unpaired) electrons. The Bertz CT molecular complexity index is 258. The van der Waals surface area contributed by atoms with E-state index in [4.69, 9.17) is 0 Å². The van der Waals surface area contributed by atoms with Gasteiger partial charge < -0.3 is 0 Å². The molecule has 1 heterocycles. The molecule has 1 aliphatic rings. The summed E-state index contributed by atoms with van der Waals surface area (Å²) in [6.45, 7) is 0. The predicted molar refractivity (Wildman–Crippen MR) is 53.5 cm³/mol. The second-order valence-electron chi connectivity index (χ2n) is 2.35. The van der Waals surface area contributed by atoms with E-state index in [0.717, 1.165) is 0 Å². The summed E-state index contributed by atoms with van der Waals surface area (Å²) in [5.41, 5.74) is 1.40. The van der Waals surface area contributed by atoms with Gasteiger partial charge in [0.15, 0.2) is 0 Å². The second-order valence-corrected chi connectivity index (χ2v) is 4.67. The number of benzene rings is 1. The van der Waals surface area contributed by atoms with Gasteiger partial charge in [-0.25, -0.2) is 0 Å². The van der Waals surface area contributed by atoms with E-state index in [1.165, 1.54) is 5.56 Å². The monoisotopic (exact) mass is 238 g/mol. The van der Waals surface area contributed by atoms with Gasteiger partial charge in [0.05, 0.1) is 5.25 Å². The van der Waals surface area contributed by atoms with Gasteiger partial charge in [-0.2, -0.15) is 0 Å². The minimum Gasteiger partial charge on any atom is -0.0770 e. The third-order valence-electron chi connectivity index (χ3n) is 1.60. The molecular weight excluding hydrogens is 231 g/mol. The van der Waals surface area contributed by atoms with Gasteiger partial charge in [0.2, 0.25) is 0 Å². The maximum atomic E-state index is 2.24. The van der Waals surface area contributed by atoms with E-state index in [0.29, 0.717) is 5.25 Å². The number of hydrogen-bond acceptors (Lipinski definition) is 2. The Morgan fingerprint density at radius 1 is 1.08 bits per heavy atom. The molecule has 0 aliphatic carbocycles. The Morgan fingerprint density at radius 2 is 1.83 bits per heavy atom. The van der Waals surface area contributed by atoms with Crippen LogP contribution in [0.15, 0.2) is 41.8 Å². The molecule has 1 atom stereocenters. The van der Waals surface area contributed by atoms with Crippen molar-refractivity contribution in [3.05, 3.63) is 47.4 Å². The maximum absolute atomic E-state index is 2.24. The molecule has 2 rings (SSSR count). The van der Waals surface area contributed by atoms with E-state index in [1.807, 2.05) is 21.6 Å². The van der Waals surface area contributed by atoms with Crippen LogP contribution in [0.3, 0.4) is 0 Å². The molecule has 3 heteroatoms. The van der Waals surface area contributed by atoms with Crippen molar-refractivity contribution in [1.29, 1.82) is 0 Å². The van der Waals surface area contributed by atoms with Gasteiger partial charge in [0.25, 0.3) is 0 Å². The van der Waals surface area contributed by atoms with Crippen LogP contribution in [0.1, 0.15) is 10.8 Å². The molecule has 0 amide bonds. The van der Waals surface area contributed by atoms with E-state index in [-0.39, 0.29) is 16.5 Å². The van der Waals surface area contributed by atoms with Gasteiger partial charge in [-0.3, -0.25) is 0 Å². The molecule has 66 valence electrons. The normalized spacial score (nSPS) is 20.5. The fourth-order valence-electron chi connectivity index (χ4n) is 1.04. The molecule has 0 aromatic heterocycles. The average molecular weight is 239 g/mol. The standard InChI is InChI=1S/C9H8S2.Ni/c1-2-4-8(5-3-1)9-6-7-10-11-9;/h1-7,9H;. The second kappa shape index (κ2) is 5.01. The molecule has 1 aliphatic heterocycles. The molecule has 12 heavy (non-hydrogen) atoms. The van der Waals surface area contributed by atoms with Gasteiger partial charge in [-0.05, 0) is 11.0 Å². The van der Waals surface area contributed by atoms with E-state index in [2.05, 4.69) is 41.8 Å². The molecule has 0 saturated carbocycles. The Balaban J connectivity index is 0.000000720. The summed E-state index contributed by atoms with van der Waals surface area (Å²) in [5.74, 6) is 0. The van der Waals surface area contributed by atoms with Crippen molar-refractivity contribution >= 4 is 21.6 Å². The summed E-state index contributed by atoms with van der Waals surface area (Å²) in [7, 11) is 3.71. The van der Waals surface area contributed by atoms with Crippen LogP contribution in [0.5, 0.6) is 0 Å². The van der Waals surface area contributed by atoms with Gasteiger partial charge in [-0.15, -0.1) is 0 Å². The first kappa shape index (κ1) is 10.2.